The van der Waals surface area contributed by atoms with Crippen molar-refractivity contribution in [2.45, 2.75) is 45.2 Å². The van der Waals surface area contributed by atoms with Crippen molar-refractivity contribution in [2.75, 3.05) is 12.3 Å². The van der Waals surface area contributed by atoms with Gasteiger partial charge in [0.25, 0.3) is 0 Å². The van der Waals surface area contributed by atoms with Crippen LogP contribution in [-0.4, -0.2) is 36.9 Å². The summed E-state index contributed by atoms with van der Waals surface area (Å²) in [5, 5.41) is 6.99. The summed E-state index contributed by atoms with van der Waals surface area (Å²) in [6.07, 6.45) is 4.03. The van der Waals surface area contributed by atoms with Crippen LogP contribution in [0.25, 0.3) is 0 Å². The fourth-order valence-electron chi connectivity index (χ4n) is 1.67. The molecule has 0 aromatic carbocycles. The first-order chi connectivity index (χ1) is 9.05. The molecule has 2 rings (SSSR count). The Labute approximate surface area is 113 Å². The van der Waals surface area contributed by atoms with Crippen molar-refractivity contribution in [3.05, 3.63) is 11.7 Å². The van der Waals surface area contributed by atoms with E-state index in [-0.39, 0.29) is 12.3 Å². The molecule has 0 aliphatic heterocycles. The van der Waals surface area contributed by atoms with Crippen LogP contribution in [-0.2, 0) is 16.6 Å². The highest BCUT2D eigenvalue weighted by atomic mass is 32.2. The van der Waals surface area contributed by atoms with Gasteiger partial charge in [-0.25, -0.2) is 13.1 Å². The van der Waals surface area contributed by atoms with Crippen LogP contribution in [0, 0.1) is 6.92 Å². The summed E-state index contributed by atoms with van der Waals surface area (Å²) in [5.41, 5.74) is 0. The van der Waals surface area contributed by atoms with E-state index in [1.54, 1.807) is 6.92 Å². The number of aromatic nitrogens is 2. The molecule has 7 nitrogen and oxygen atoms in total. The molecule has 8 heteroatoms. The van der Waals surface area contributed by atoms with Gasteiger partial charge in [0.05, 0.1) is 12.3 Å². The van der Waals surface area contributed by atoms with Gasteiger partial charge in [0.2, 0.25) is 15.9 Å². The molecule has 1 aromatic heterocycles. The lowest BCUT2D eigenvalue weighted by molar-refractivity contribution is 0.387. The quantitative estimate of drug-likeness (QED) is 0.636. The van der Waals surface area contributed by atoms with Crippen molar-refractivity contribution < 1.29 is 12.9 Å². The van der Waals surface area contributed by atoms with Gasteiger partial charge >= 0.3 is 0 Å². The summed E-state index contributed by atoms with van der Waals surface area (Å²) in [6.45, 7) is 2.64. The van der Waals surface area contributed by atoms with E-state index < -0.39 is 10.0 Å². The highest BCUT2D eigenvalue weighted by Gasteiger charge is 2.19. The van der Waals surface area contributed by atoms with Crippen LogP contribution < -0.4 is 10.0 Å². The normalized spacial score (nSPS) is 15.8. The van der Waals surface area contributed by atoms with Crippen molar-refractivity contribution in [1.82, 2.24) is 20.2 Å². The minimum absolute atomic E-state index is 0.0833. The lowest BCUT2D eigenvalue weighted by Crippen LogP contribution is -2.27. The van der Waals surface area contributed by atoms with Gasteiger partial charge in [-0.1, -0.05) is 5.16 Å². The first-order valence-electron chi connectivity index (χ1n) is 6.55. The van der Waals surface area contributed by atoms with Gasteiger partial charge < -0.3 is 9.84 Å². The standard InChI is InChI=1S/C11H20N4O3S/c1-9-14-11(15-18-9)8-13-19(16,17)7-3-2-6-12-10-4-5-10/h10,12-13H,2-8H2,1H3. The van der Waals surface area contributed by atoms with Crippen LogP contribution in [0.5, 0.6) is 0 Å². The Kier molecular flexibility index (Phi) is 4.89. The van der Waals surface area contributed by atoms with E-state index in [4.69, 9.17) is 4.52 Å². The fourth-order valence-corrected chi connectivity index (χ4v) is 2.75. The Hall–Kier alpha value is -0.990. The molecule has 1 aliphatic rings. The predicted molar refractivity (Wildman–Crippen MR) is 69.9 cm³/mol. The Morgan fingerprint density at radius 1 is 1.37 bits per heavy atom. The van der Waals surface area contributed by atoms with E-state index in [9.17, 15) is 8.42 Å². The number of hydrogen-bond acceptors (Lipinski definition) is 6. The van der Waals surface area contributed by atoms with Crippen LogP contribution in [0.3, 0.4) is 0 Å². The summed E-state index contributed by atoms with van der Waals surface area (Å²) in [4.78, 5) is 3.94. The highest BCUT2D eigenvalue weighted by Crippen LogP contribution is 2.18. The predicted octanol–water partition coefficient (Wildman–Crippen LogP) is 0.330. The number of hydrogen-bond donors (Lipinski definition) is 2. The average molecular weight is 288 g/mol. The van der Waals surface area contributed by atoms with Crippen LogP contribution >= 0.6 is 0 Å². The number of aryl methyl sites for hydroxylation is 1. The number of nitrogens with one attached hydrogen (secondary N) is 2. The van der Waals surface area contributed by atoms with Gasteiger partial charge in [-0.2, -0.15) is 4.98 Å². The highest BCUT2D eigenvalue weighted by molar-refractivity contribution is 7.89. The van der Waals surface area contributed by atoms with Crippen molar-refractivity contribution >= 4 is 10.0 Å². The van der Waals surface area contributed by atoms with Crippen LogP contribution in [0.15, 0.2) is 4.52 Å². The van der Waals surface area contributed by atoms with Crippen molar-refractivity contribution in [2.24, 2.45) is 0 Å². The van der Waals surface area contributed by atoms with Crippen molar-refractivity contribution in [3.8, 4) is 0 Å². The molecule has 0 amide bonds. The fraction of sp³-hybridized carbons (Fsp3) is 0.818. The zero-order valence-electron chi connectivity index (χ0n) is 11.1. The molecule has 1 fully saturated rings. The SMILES string of the molecule is Cc1nc(CNS(=O)(=O)CCCCNC2CC2)no1. The lowest BCUT2D eigenvalue weighted by Gasteiger charge is -2.05. The van der Waals surface area contributed by atoms with E-state index in [1.165, 1.54) is 12.8 Å². The molecule has 0 spiro atoms. The minimum Gasteiger partial charge on any atom is -0.340 e. The maximum absolute atomic E-state index is 11.7. The number of unbranched alkanes of at least 4 members (excludes halogenated alkanes) is 1. The summed E-state index contributed by atoms with van der Waals surface area (Å²) in [5.74, 6) is 0.924. The summed E-state index contributed by atoms with van der Waals surface area (Å²) in [6, 6.07) is 0.677. The molecule has 19 heavy (non-hydrogen) atoms. The van der Waals surface area contributed by atoms with E-state index >= 15 is 0 Å². The second-order valence-corrected chi connectivity index (χ2v) is 6.73. The Bertz CT molecular complexity index is 496. The number of nitrogens with zero attached hydrogens (tertiary/aromatic N) is 2. The smallest absolute Gasteiger partial charge is 0.223 e. The zero-order chi connectivity index (χ0) is 13.7. The monoisotopic (exact) mass is 288 g/mol. The third-order valence-corrected chi connectivity index (χ3v) is 4.28. The molecule has 0 radical (unpaired) electrons. The molecule has 2 N–H and O–H groups in total. The third kappa shape index (κ3) is 5.66. The average Bonchev–Trinajstić information content (AvgIpc) is 3.08. The van der Waals surface area contributed by atoms with Crippen LogP contribution in [0.2, 0.25) is 0 Å². The first kappa shape index (κ1) is 14.4. The molecule has 0 saturated heterocycles. The number of rotatable bonds is 9. The maximum Gasteiger partial charge on any atom is 0.223 e. The Morgan fingerprint density at radius 2 is 2.16 bits per heavy atom. The largest absolute Gasteiger partial charge is 0.340 e. The Balaban J connectivity index is 1.60. The minimum atomic E-state index is -3.26. The summed E-state index contributed by atoms with van der Waals surface area (Å²) in [7, 11) is -3.26. The molecule has 108 valence electrons. The topological polar surface area (TPSA) is 97.1 Å². The second kappa shape index (κ2) is 6.44. The third-order valence-electron chi connectivity index (χ3n) is 2.87. The summed E-state index contributed by atoms with van der Waals surface area (Å²) < 4.78 is 30.6. The maximum atomic E-state index is 11.7. The van der Waals surface area contributed by atoms with Crippen molar-refractivity contribution in [3.63, 3.8) is 0 Å². The number of sulfonamides is 1. The lowest BCUT2D eigenvalue weighted by atomic mass is 10.3. The molecule has 0 unspecified atom stereocenters. The van der Waals surface area contributed by atoms with Gasteiger partial charge in [-0.05, 0) is 32.2 Å². The first-order valence-corrected chi connectivity index (χ1v) is 8.20. The molecule has 1 saturated carbocycles. The van der Waals surface area contributed by atoms with Crippen LogP contribution in [0.4, 0.5) is 0 Å². The van der Waals surface area contributed by atoms with E-state index in [2.05, 4.69) is 20.2 Å². The van der Waals surface area contributed by atoms with Gasteiger partial charge in [-0.15, -0.1) is 0 Å². The van der Waals surface area contributed by atoms with Crippen molar-refractivity contribution in [1.29, 1.82) is 0 Å². The van der Waals surface area contributed by atoms with E-state index in [1.807, 2.05) is 0 Å². The zero-order valence-corrected chi connectivity index (χ0v) is 11.9. The van der Waals surface area contributed by atoms with Gasteiger partial charge in [0, 0.05) is 13.0 Å². The molecule has 0 atom stereocenters. The molecule has 1 aromatic rings. The molecular formula is C11H20N4O3S. The van der Waals surface area contributed by atoms with Gasteiger partial charge in [0.15, 0.2) is 5.82 Å². The van der Waals surface area contributed by atoms with Gasteiger partial charge in [0.1, 0.15) is 0 Å². The second-order valence-electron chi connectivity index (χ2n) is 4.81. The van der Waals surface area contributed by atoms with Crippen LogP contribution in [0.1, 0.15) is 37.4 Å². The van der Waals surface area contributed by atoms with E-state index in [0.717, 1.165) is 13.0 Å². The molecule has 1 heterocycles. The Morgan fingerprint density at radius 3 is 2.79 bits per heavy atom. The molecule has 0 bridgehead atoms. The van der Waals surface area contributed by atoms with Gasteiger partial charge in [-0.3, -0.25) is 0 Å². The summed E-state index contributed by atoms with van der Waals surface area (Å²) >= 11 is 0. The molecular weight excluding hydrogens is 268 g/mol. The molecule has 1 aliphatic carbocycles. The van der Waals surface area contributed by atoms with E-state index in [0.29, 0.717) is 24.2 Å².